The average molecular weight is 378 g/mol. The number of fused-ring (bicyclic) bond motifs is 1. The number of amides is 1. The van der Waals surface area contributed by atoms with E-state index in [2.05, 4.69) is 13.8 Å². The van der Waals surface area contributed by atoms with E-state index in [1.165, 1.54) is 12.1 Å². The van der Waals surface area contributed by atoms with Gasteiger partial charge < -0.3 is 10.5 Å². The number of rotatable bonds is 2. The topological polar surface area (TPSA) is 69.4 Å². The maximum atomic E-state index is 12.5. The third kappa shape index (κ3) is 5.05. The number of carbonyl (C=O) groups excluding carboxylic acids is 2. The molecule has 2 aromatic rings. The fraction of sp³-hybridized carbons (Fsp3) is 0.300. The molecule has 0 radical (unpaired) electrons. The number of halogens is 2. The van der Waals surface area contributed by atoms with Gasteiger partial charge in [-0.1, -0.05) is 11.6 Å². The molecule has 1 amide bonds. The van der Waals surface area contributed by atoms with Gasteiger partial charge in [0.2, 0.25) is 5.91 Å². The lowest BCUT2D eigenvalue weighted by atomic mass is 9.93. The van der Waals surface area contributed by atoms with E-state index in [-0.39, 0.29) is 22.0 Å². The SMILES string of the molecule is CC(=O)c1ccc2c(c1)CCC(C)(C)O2.NC(=O)c1ccc(F)c(Cl)c1. The van der Waals surface area contributed by atoms with Crippen LogP contribution in [0.1, 0.15) is 53.5 Å². The molecule has 0 aliphatic carbocycles. The van der Waals surface area contributed by atoms with Gasteiger partial charge in [0.15, 0.2) is 5.78 Å². The van der Waals surface area contributed by atoms with Crippen molar-refractivity contribution in [3.8, 4) is 5.75 Å². The number of carbonyl (C=O) groups is 2. The number of benzene rings is 2. The Labute approximate surface area is 157 Å². The molecule has 0 unspecified atom stereocenters. The molecule has 138 valence electrons. The zero-order valence-corrected chi connectivity index (χ0v) is 15.7. The zero-order chi connectivity index (χ0) is 19.5. The number of nitrogens with two attached hydrogens (primary N) is 1. The minimum atomic E-state index is -0.619. The highest BCUT2D eigenvalue weighted by molar-refractivity contribution is 6.31. The third-order valence-corrected chi connectivity index (χ3v) is 4.34. The lowest BCUT2D eigenvalue weighted by molar-refractivity contribution is 0.0846. The highest BCUT2D eigenvalue weighted by atomic mass is 35.5. The maximum Gasteiger partial charge on any atom is 0.248 e. The van der Waals surface area contributed by atoms with Crippen LogP contribution in [0.15, 0.2) is 36.4 Å². The van der Waals surface area contributed by atoms with Crippen molar-refractivity contribution in [1.82, 2.24) is 0 Å². The Morgan fingerprint density at radius 1 is 1.15 bits per heavy atom. The zero-order valence-electron chi connectivity index (χ0n) is 14.9. The Balaban J connectivity index is 0.000000197. The van der Waals surface area contributed by atoms with Crippen molar-refractivity contribution in [3.63, 3.8) is 0 Å². The van der Waals surface area contributed by atoms with Gasteiger partial charge in [-0.25, -0.2) is 4.39 Å². The summed E-state index contributed by atoms with van der Waals surface area (Å²) < 4.78 is 18.3. The molecule has 1 aliphatic rings. The molecule has 0 saturated carbocycles. The first kappa shape index (κ1) is 19.9. The molecule has 0 saturated heterocycles. The summed E-state index contributed by atoms with van der Waals surface area (Å²) >= 11 is 5.38. The number of hydrogen-bond acceptors (Lipinski definition) is 3. The molecule has 0 bridgehead atoms. The molecule has 0 fully saturated rings. The molecule has 1 heterocycles. The van der Waals surface area contributed by atoms with Crippen LogP contribution in [-0.4, -0.2) is 17.3 Å². The number of hydrogen-bond donors (Lipinski definition) is 1. The number of Topliss-reactive ketones (excluding diaryl/α,β-unsaturated/α-hetero) is 1. The standard InChI is InChI=1S/C13H16O2.C7H5ClFNO/c1-9(14)10-4-5-12-11(8-10)6-7-13(2,3)15-12;8-5-3-4(7(10)11)1-2-6(5)9/h4-5,8H,6-7H2,1-3H3;1-3H,(H2,10,11). The smallest absolute Gasteiger partial charge is 0.248 e. The Bertz CT molecular complexity index is 849. The lowest BCUT2D eigenvalue weighted by Crippen LogP contribution is -2.32. The van der Waals surface area contributed by atoms with E-state index in [0.29, 0.717) is 0 Å². The molecule has 0 aromatic heterocycles. The van der Waals surface area contributed by atoms with Crippen LogP contribution < -0.4 is 10.5 Å². The van der Waals surface area contributed by atoms with Gasteiger partial charge in [-0.2, -0.15) is 0 Å². The summed E-state index contributed by atoms with van der Waals surface area (Å²) in [5.74, 6) is -0.137. The summed E-state index contributed by atoms with van der Waals surface area (Å²) in [4.78, 5) is 21.7. The van der Waals surface area contributed by atoms with Gasteiger partial charge in [-0.15, -0.1) is 0 Å². The van der Waals surface area contributed by atoms with Gasteiger partial charge in [0.05, 0.1) is 5.02 Å². The second-order valence-corrected chi connectivity index (χ2v) is 7.14. The summed E-state index contributed by atoms with van der Waals surface area (Å²) in [5, 5.41) is -0.0960. The summed E-state index contributed by atoms with van der Waals surface area (Å²) in [6, 6.07) is 9.27. The molecule has 3 rings (SSSR count). The first-order chi connectivity index (χ1) is 12.1. The van der Waals surface area contributed by atoms with Gasteiger partial charge >= 0.3 is 0 Å². The van der Waals surface area contributed by atoms with Gasteiger partial charge in [0, 0.05) is 11.1 Å². The van der Waals surface area contributed by atoms with Crippen molar-refractivity contribution in [2.45, 2.75) is 39.2 Å². The number of ether oxygens (including phenoxy) is 1. The summed E-state index contributed by atoms with van der Waals surface area (Å²) in [5.41, 5.74) is 6.97. The minimum absolute atomic E-state index is 0.0786. The highest BCUT2D eigenvalue weighted by Crippen LogP contribution is 2.33. The fourth-order valence-electron chi connectivity index (χ4n) is 2.53. The molecule has 4 nitrogen and oxygen atoms in total. The van der Waals surface area contributed by atoms with Crippen LogP contribution in [0.4, 0.5) is 4.39 Å². The van der Waals surface area contributed by atoms with E-state index in [9.17, 15) is 14.0 Å². The average Bonchev–Trinajstić information content (AvgIpc) is 2.56. The van der Waals surface area contributed by atoms with Gasteiger partial charge in [-0.05, 0) is 75.6 Å². The van der Waals surface area contributed by atoms with Crippen LogP contribution in [0.5, 0.6) is 5.75 Å². The van der Waals surface area contributed by atoms with E-state index in [0.717, 1.165) is 35.8 Å². The van der Waals surface area contributed by atoms with E-state index < -0.39 is 11.7 Å². The number of primary amides is 1. The van der Waals surface area contributed by atoms with Crippen molar-refractivity contribution < 1.29 is 18.7 Å². The van der Waals surface area contributed by atoms with Crippen molar-refractivity contribution in [2.24, 2.45) is 5.73 Å². The van der Waals surface area contributed by atoms with E-state index in [4.69, 9.17) is 22.1 Å². The molecule has 1 aliphatic heterocycles. The van der Waals surface area contributed by atoms with Crippen LogP contribution in [-0.2, 0) is 6.42 Å². The van der Waals surface area contributed by atoms with Gasteiger partial charge in [0.25, 0.3) is 0 Å². The predicted octanol–water partition coefficient (Wildman–Crippen LogP) is 4.57. The minimum Gasteiger partial charge on any atom is -0.488 e. The number of aryl methyl sites for hydroxylation is 1. The molecule has 6 heteroatoms. The summed E-state index contributed by atoms with van der Waals surface area (Å²) in [7, 11) is 0. The van der Waals surface area contributed by atoms with Gasteiger partial charge in [0.1, 0.15) is 17.2 Å². The van der Waals surface area contributed by atoms with E-state index in [1.807, 2.05) is 18.2 Å². The molecule has 2 aromatic carbocycles. The van der Waals surface area contributed by atoms with E-state index in [1.54, 1.807) is 6.92 Å². The second kappa shape index (κ2) is 7.87. The van der Waals surface area contributed by atoms with Crippen molar-refractivity contribution >= 4 is 23.3 Å². The lowest BCUT2D eigenvalue weighted by Gasteiger charge is -2.32. The van der Waals surface area contributed by atoms with Crippen LogP contribution in [0.2, 0.25) is 5.02 Å². The molecule has 26 heavy (non-hydrogen) atoms. The largest absolute Gasteiger partial charge is 0.488 e. The predicted molar refractivity (Wildman–Crippen MR) is 99.4 cm³/mol. The molecule has 2 N–H and O–H groups in total. The first-order valence-corrected chi connectivity index (χ1v) is 8.54. The van der Waals surface area contributed by atoms with Crippen molar-refractivity contribution in [3.05, 3.63) is 63.9 Å². The molecular weight excluding hydrogens is 357 g/mol. The van der Waals surface area contributed by atoms with Crippen LogP contribution in [0.3, 0.4) is 0 Å². The number of ketones is 1. The van der Waals surface area contributed by atoms with Gasteiger partial charge in [-0.3, -0.25) is 9.59 Å². The van der Waals surface area contributed by atoms with Crippen LogP contribution in [0, 0.1) is 5.82 Å². The fourth-order valence-corrected chi connectivity index (χ4v) is 2.71. The Morgan fingerprint density at radius 2 is 1.81 bits per heavy atom. The molecular formula is C20H21ClFNO3. The molecule has 0 spiro atoms. The Kier molecular flexibility index (Phi) is 6.03. The summed E-state index contributed by atoms with van der Waals surface area (Å²) in [6.07, 6.45) is 1.99. The van der Waals surface area contributed by atoms with Crippen molar-refractivity contribution in [1.29, 1.82) is 0 Å². The monoisotopic (exact) mass is 377 g/mol. The summed E-state index contributed by atoms with van der Waals surface area (Å²) in [6.45, 7) is 5.78. The quantitative estimate of drug-likeness (QED) is 0.779. The third-order valence-electron chi connectivity index (χ3n) is 4.05. The van der Waals surface area contributed by atoms with Crippen LogP contribution >= 0.6 is 11.6 Å². The second-order valence-electron chi connectivity index (χ2n) is 6.73. The Hall–Kier alpha value is -2.40. The highest BCUT2D eigenvalue weighted by Gasteiger charge is 2.26. The maximum absolute atomic E-state index is 12.5. The molecule has 0 atom stereocenters. The Morgan fingerprint density at radius 3 is 2.38 bits per heavy atom. The first-order valence-electron chi connectivity index (χ1n) is 8.17. The van der Waals surface area contributed by atoms with Crippen LogP contribution in [0.25, 0.3) is 0 Å². The normalized spacial score (nSPS) is 14.3. The van der Waals surface area contributed by atoms with E-state index >= 15 is 0 Å². The van der Waals surface area contributed by atoms with Crippen molar-refractivity contribution in [2.75, 3.05) is 0 Å².